The highest BCUT2D eigenvalue weighted by atomic mass is 16.4. The second kappa shape index (κ2) is 5.69. The SMILES string of the molecule is Cc1cccnc1CNC(=O)NC(C(=O)O)C1CC1. The molecule has 2 rings (SSSR count). The lowest BCUT2D eigenvalue weighted by molar-refractivity contribution is -0.139. The molecule has 1 aliphatic carbocycles. The van der Waals surface area contributed by atoms with E-state index in [1.54, 1.807) is 6.20 Å². The Balaban J connectivity index is 1.84. The number of carbonyl (C=O) groups excluding carboxylic acids is 1. The molecule has 19 heavy (non-hydrogen) atoms. The van der Waals surface area contributed by atoms with Crippen molar-refractivity contribution in [1.82, 2.24) is 15.6 Å². The number of aromatic nitrogens is 1. The average Bonchev–Trinajstić information content (AvgIpc) is 3.19. The third-order valence-electron chi connectivity index (χ3n) is 3.18. The Morgan fingerprint density at radius 1 is 1.53 bits per heavy atom. The fourth-order valence-electron chi connectivity index (χ4n) is 1.87. The number of aryl methyl sites for hydroxylation is 1. The molecule has 0 spiro atoms. The zero-order valence-corrected chi connectivity index (χ0v) is 10.7. The molecular weight excluding hydrogens is 246 g/mol. The molecule has 1 fully saturated rings. The summed E-state index contributed by atoms with van der Waals surface area (Å²) in [6, 6.07) is 2.48. The topological polar surface area (TPSA) is 91.3 Å². The molecule has 3 N–H and O–H groups in total. The third-order valence-corrected chi connectivity index (χ3v) is 3.18. The van der Waals surface area contributed by atoms with E-state index in [2.05, 4.69) is 15.6 Å². The molecule has 0 aromatic carbocycles. The number of amides is 2. The van der Waals surface area contributed by atoms with Crippen molar-refractivity contribution in [2.75, 3.05) is 0 Å². The predicted octanol–water partition coefficient (Wildman–Crippen LogP) is 1.05. The number of carboxylic acids is 1. The maximum absolute atomic E-state index is 11.7. The molecule has 2 amide bonds. The molecule has 0 saturated heterocycles. The Bertz CT molecular complexity index is 486. The van der Waals surface area contributed by atoms with Crippen molar-refractivity contribution < 1.29 is 14.7 Å². The van der Waals surface area contributed by atoms with Crippen molar-refractivity contribution in [3.8, 4) is 0 Å². The van der Waals surface area contributed by atoms with Crippen molar-refractivity contribution in [2.24, 2.45) is 5.92 Å². The number of rotatable bonds is 5. The van der Waals surface area contributed by atoms with Crippen molar-refractivity contribution in [3.63, 3.8) is 0 Å². The molecule has 102 valence electrons. The van der Waals surface area contributed by atoms with Crippen molar-refractivity contribution in [2.45, 2.75) is 32.4 Å². The van der Waals surface area contributed by atoms with Crippen molar-refractivity contribution in [1.29, 1.82) is 0 Å². The molecule has 0 radical (unpaired) electrons. The second-order valence-corrected chi connectivity index (χ2v) is 4.75. The maximum atomic E-state index is 11.7. The highest BCUT2D eigenvalue weighted by molar-refractivity contribution is 5.83. The summed E-state index contributed by atoms with van der Waals surface area (Å²) < 4.78 is 0. The van der Waals surface area contributed by atoms with Gasteiger partial charge < -0.3 is 15.7 Å². The van der Waals surface area contributed by atoms with Gasteiger partial charge in [0.15, 0.2) is 0 Å². The van der Waals surface area contributed by atoms with E-state index >= 15 is 0 Å². The summed E-state index contributed by atoms with van der Waals surface area (Å²) in [5, 5.41) is 14.1. The zero-order valence-electron chi connectivity index (χ0n) is 10.7. The van der Waals surface area contributed by atoms with Gasteiger partial charge in [0, 0.05) is 6.20 Å². The van der Waals surface area contributed by atoms with Crippen LogP contribution in [0, 0.1) is 12.8 Å². The first-order chi connectivity index (χ1) is 9.08. The van der Waals surface area contributed by atoms with E-state index in [0.717, 1.165) is 24.1 Å². The van der Waals surface area contributed by atoms with Crippen LogP contribution in [-0.2, 0) is 11.3 Å². The van der Waals surface area contributed by atoms with Gasteiger partial charge in [-0.1, -0.05) is 6.07 Å². The number of carboxylic acid groups (broad SMARTS) is 1. The van der Waals surface area contributed by atoms with Crippen molar-refractivity contribution in [3.05, 3.63) is 29.6 Å². The van der Waals surface area contributed by atoms with E-state index in [1.807, 2.05) is 19.1 Å². The lowest BCUT2D eigenvalue weighted by Gasteiger charge is -2.14. The van der Waals surface area contributed by atoms with Gasteiger partial charge in [0.2, 0.25) is 0 Å². The Morgan fingerprint density at radius 3 is 2.84 bits per heavy atom. The van der Waals surface area contributed by atoms with Crippen LogP contribution in [0.4, 0.5) is 4.79 Å². The van der Waals surface area contributed by atoms with Crippen LogP contribution in [0.25, 0.3) is 0 Å². The van der Waals surface area contributed by atoms with Gasteiger partial charge in [-0.15, -0.1) is 0 Å². The Kier molecular flexibility index (Phi) is 3.99. The molecule has 6 heteroatoms. The lowest BCUT2D eigenvalue weighted by atomic mass is 10.2. The minimum absolute atomic E-state index is 0.0693. The summed E-state index contributed by atoms with van der Waals surface area (Å²) in [7, 11) is 0. The highest BCUT2D eigenvalue weighted by Gasteiger charge is 2.37. The number of carbonyl (C=O) groups is 2. The number of hydrogen-bond donors (Lipinski definition) is 3. The largest absolute Gasteiger partial charge is 0.480 e. The molecule has 0 bridgehead atoms. The fraction of sp³-hybridized carbons (Fsp3) is 0.462. The highest BCUT2D eigenvalue weighted by Crippen LogP contribution is 2.32. The summed E-state index contributed by atoms with van der Waals surface area (Å²) in [4.78, 5) is 26.8. The Hall–Kier alpha value is -2.11. The molecule has 1 unspecified atom stereocenters. The number of aliphatic carboxylic acids is 1. The van der Waals surface area contributed by atoms with Crippen LogP contribution >= 0.6 is 0 Å². The molecule has 1 aromatic rings. The van der Waals surface area contributed by atoms with E-state index in [0.29, 0.717) is 0 Å². The van der Waals surface area contributed by atoms with Crippen molar-refractivity contribution >= 4 is 12.0 Å². The van der Waals surface area contributed by atoms with Gasteiger partial charge >= 0.3 is 12.0 Å². The molecular formula is C13H17N3O3. The van der Waals surface area contributed by atoms with Crippen LogP contribution in [0.15, 0.2) is 18.3 Å². The second-order valence-electron chi connectivity index (χ2n) is 4.75. The molecule has 1 aromatic heterocycles. The van der Waals surface area contributed by atoms with E-state index in [1.165, 1.54) is 0 Å². The molecule has 1 aliphatic rings. The lowest BCUT2D eigenvalue weighted by Crippen LogP contribution is -2.47. The van der Waals surface area contributed by atoms with E-state index in [9.17, 15) is 9.59 Å². The Labute approximate surface area is 111 Å². The quantitative estimate of drug-likeness (QED) is 0.740. The van der Waals surface area contributed by atoms with Crippen LogP contribution in [0.5, 0.6) is 0 Å². The number of pyridine rings is 1. The minimum Gasteiger partial charge on any atom is -0.480 e. The van der Waals surface area contributed by atoms with Gasteiger partial charge in [-0.05, 0) is 37.3 Å². The van der Waals surface area contributed by atoms with Gasteiger partial charge in [0.1, 0.15) is 6.04 Å². The summed E-state index contributed by atoms with van der Waals surface area (Å²) in [6.07, 6.45) is 3.37. The van der Waals surface area contributed by atoms with Crippen LogP contribution in [0.3, 0.4) is 0 Å². The summed E-state index contributed by atoms with van der Waals surface area (Å²) in [6.45, 7) is 2.20. The van der Waals surface area contributed by atoms with Gasteiger partial charge in [0.25, 0.3) is 0 Å². The monoisotopic (exact) mass is 263 g/mol. The molecule has 1 heterocycles. The number of urea groups is 1. The van der Waals surface area contributed by atoms with Crippen LogP contribution < -0.4 is 10.6 Å². The van der Waals surface area contributed by atoms with Gasteiger partial charge in [-0.2, -0.15) is 0 Å². The molecule has 0 aliphatic heterocycles. The molecule has 6 nitrogen and oxygen atoms in total. The summed E-state index contributed by atoms with van der Waals surface area (Å²) in [5.41, 5.74) is 1.76. The molecule has 1 atom stereocenters. The first-order valence-corrected chi connectivity index (χ1v) is 6.25. The smallest absolute Gasteiger partial charge is 0.326 e. The van der Waals surface area contributed by atoms with Crippen LogP contribution in [0.1, 0.15) is 24.1 Å². The van der Waals surface area contributed by atoms with Crippen LogP contribution in [-0.4, -0.2) is 28.1 Å². The molecule has 1 saturated carbocycles. The summed E-state index contributed by atoms with van der Waals surface area (Å²) in [5.74, 6) is -0.911. The van der Waals surface area contributed by atoms with Gasteiger partial charge in [-0.3, -0.25) is 4.98 Å². The standard InChI is InChI=1S/C13H17N3O3/c1-8-3-2-6-14-10(8)7-15-13(19)16-11(12(17)18)9-4-5-9/h2-3,6,9,11H,4-5,7H2,1H3,(H,17,18)(H2,15,16,19). The summed E-state index contributed by atoms with van der Waals surface area (Å²) >= 11 is 0. The van der Waals surface area contributed by atoms with E-state index < -0.39 is 18.0 Å². The first kappa shape index (κ1) is 13.3. The van der Waals surface area contributed by atoms with Gasteiger partial charge in [0.05, 0.1) is 12.2 Å². The normalized spacial score (nSPS) is 15.6. The van der Waals surface area contributed by atoms with E-state index in [-0.39, 0.29) is 12.5 Å². The number of hydrogen-bond acceptors (Lipinski definition) is 3. The first-order valence-electron chi connectivity index (χ1n) is 6.25. The van der Waals surface area contributed by atoms with E-state index in [4.69, 9.17) is 5.11 Å². The predicted molar refractivity (Wildman–Crippen MR) is 68.5 cm³/mol. The Morgan fingerprint density at radius 2 is 2.26 bits per heavy atom. The number of nitrogens with one attached hydrogen (secondary N) is 2. The zero-order chi connectivity index (χ0) is 13.8. The van der Waals surface area contributed by atoms with Gasteiger partial charge in [-0.25, -0.2) is 9.59 Å². The number of nitrogens with zero attached hydrogens (tertiary/aromatic N) is 1. The third kappa shape index (κ3) is 3.67. The maximum Gasteiger partial charge on any atom is 0.326 e. The van der Waals surface area contributed by atoms with Crippen LogP contribution in [0.2, 0.25) is 0 Å². The average molecular weight is 263 g/mol. The minimum atomic E-state index is -0.980. The fourth-order valence-corrected chi connectivity index (χ4v) is 1.87.